The van der Waals surface area contributed by atoms with Crippen molar-refractivity contribution in [3.8, 4) is 11.5 Å². The first-order valence-corrected chi connectivity index (χ1v) is 13.8. The van der Waals surface area contributed by atoms with Gasteiger partial charge in [0.25, 0.3) is 0 Å². The molecule has 0 aliphatic rings. The van der Waals surface area contributed by atoms with Crippen LogP contribution in [0, 0.1) is 0 Å². The summed E-state index contributed by atoms with van der Waals surface area (Å²) in [5.74, 6) is 0.432. The second-order valence-electron chi connectivity index (χ2n) is 12.3. The van der Waals surface area contributed by atoms with Gasteiger partial charge >= 0.3 is 0 Å². The topological polar surface area (TPSA) is 65.2 Å². The number of nitrogens with zero attached hydrogens (tertiary/aromatic N) is 2. The van der Waals surface area contributed by atoms with Crippen molar-refractivity contribution < 1.29 is 10.2 Å². The van der Waals surface area contributed by atoms with Crippen molar-refractivity contribution in [2.45, 2.75) is 64.5 Å². The Bertz CT molecular complexity index is 1480. The van der Waals surface area contributed by atoms with E-state index in [0.29, 0.717) is 11.1 Å². The lowest BCUT2D eigenvalue weighted by Crippen LogP contribution is -2.17. The summed E-state index contributed by atoms with van der Waals surface area (Å²) in [5.41, 5.74) is 5.05. The fourth-order valence-electron chi connectivity index (χ4n) is 4.68. The van der Waals surface area contributed by atoms with E-state index in [0.717, 1.165) is 22.3 Å². The van der Waals surface area contributed by atoms with Crippen molar-refractivity contribution in [2.24, 2.45) is 9.98 Å². The fraction of sp³-hybridized carbons (Fsp3) is 0.278. The van der Waals surface area contributed by atoms with Crippen LogP contribution in [0.25, 0.3) is 0 Å². The van der Waals surface area contributed by atoms with Crippen LogP contribution in [0.4, 0.5) is 0 Å². The van der Waals surface area contributed by atoms with E-state index in [-0.39, 0.29) is 34.4 Å². The van der Waals surface area contributed by atoms with Crippen molar-refractivity contribution >= 4 is 12.4 Å². The third kappa shape index (κ3) is 6.87. The molecule has 2 N–H and O–H groups in total. The number of benzene rings is 4. The first-order valence-electron chi connectivity index (χ1n) is 13.8. The Hall–Kier alpha value is -4.18. The molecule has 0 heterocycles. The number of rotatable bonds is 7. The predicted octanol–water partition coefficient (Wildman–Crippen LogP) is 8.71. The highest BCUT2D eigenvalue weighted by atomic mass is 16.3. The van der Waals surface area contributed by atoms with Gasteiger partial charge in [-0.25, -0.2) is 0 Å². The summed E-state index contributed by atoms with van der Waals surface area (Å²) in [5, 5.41) is 21.8. The van der Waals surface area contributed by atoms with E-state index in [9.17, 15) is 10.2 Å². The van der Waals surface area contributed by atoms with Gasteiger partial charge in [0.1, 0.15) is 23.6 Å². The van der Waals surface area contributed by atoms with E-state index >= 15 is 0 Å². The Labute approximate surface area is 238 Å². The number of phenolic OH excluding ortho intramolecular Hbond substituents is 2. The van der Waals surface area contributed by atoms with Gasteiger partial charge < -0.3 is 10.2 Å². The van der Waals surface area contributed by atoms with Crippen LogP contribution >= 0.6 is 0 Å². The minimum Gasteiger partial charge on any atom is -0.507 e. The maximum atomic E-state index is 11.4. The summed E-state index contributed by atoms with van der Waals surface area (Å²) in [4.78, 5) is 10.1. The lowest BCUT2D eigenvalue weighted by atomic mass is 9.79. The molecule has 206 valence electrons. The molecule has 0 radical (unpaired) electrons. The third-order valence-corrected chi connectivity index (χ3v) is 7.08. The molecule has 4 aromatic rings. The molecule has 4 nitrogen and oxygen atoms in total. The van der Waals surface area contributed by atoms with Crippen molar-refractivity contribution in [2.75, 3.05) is 0 Å². The van der Waals surface area contributed by atoms with Gasteiger partial charge in [-0.05, 0) is 45.7 Å². The summed E-state index contributed by atoms with van der Waals surface area (Å²) in [7, 11) is 0. The number of aliphatic imine (C=N–C) groups is 2. The lowest BCUT2D eigenvalue weighted by molar-refractivity contribution is 0.443. The molecule has 4 heteroatoms. The first-order chi connectivity index (χ1) is 18.9. The lowest BCUT2D eigenvalue weighted by Gasteiger charge is -2.27. The van der Waals surface area contributed by atoms with E-state index in [1.807, 2.05) is 66.7 Å². The number of hydrogen-bond donors (Lipinski definition) is 2. The Morgan fingerprint density at radius 3 is 1.52 bits per heavy atom. The van der Waals surface area contributed by atoms with Crippen molar-refractivity contribution in [1.82, 2.24) is 0 Å². The summed E-state index contributed by atoms with van der Waals surface area (Å²) < 4.78 is 0. The molecule has 0 amide bonds. The average Bonchev–Trinajstić information content (AvgIpc) is 2.91. The number of phenols is 2. The molecule has 40 heavy (non-hydrogen) atoms. The van der Waals surface area contributed by atoms with Crippen molar-refractivity contribution in [3.05, 3.63) is 130 Å². The molecule has 0 unspecified atom stereocenters. The van der Waals surface area contributed by atoms with Gasteiger partial charge in [0, 0.05) is 29.1 Å². The van der Waals surface area contributed by atoms with Crippen LogP contribution in [0.2, 0.25) is 0 Å². The van der Waals surface area contributed by atoms with Crippen LogP contribution in [0.3, 0.4) is 0 Å². The first kappa shape index (κ1) is 28.8. The largest absolute Gasteiger partial charge is 0.507 e. The molecule has 0 spiro atoms. The van der Waals surface area contributed by atoms with Gasteiger partial charge in [0.15, 0.2) is 0 Å². The van der Waals surface area contributed by atoms with Gasteiger partial charge in [0.2, 0.25) is 0 Å². The monoisotopic (exact) mass is 532 g/mol. The number of para-hydroxylation sites is 1. The highest BCUT2D eigenvalue weighted by Gasteiger charge is 2.26. The van der Waals surface area contributed by atoms with Gasteiger partial charge in [-0.1, -0.05) is 120 Å². The van der Waals surface area contributed by atoms with E-state index in [4.69, 9.17) is 9.98 Å². The third-order valence-electron chi connectivity index (χ3n) is 7.08. The maximum absolute atomic E-state index is 11.4. The summed E-state index contributed by atoms with van der Waals surface area (Å²) in [6.45, 7) is 12.9. The van der Waals surface area contributed by atoms with Gasteiger partial charge in [-0.3, -0.25) is 9.98 Å². The molecule has 4 rings (SSSR count). The van der Waals surface area contributed by atoms with E-state index in [1.54, 1.807) is 24.6 Å². The molecule has 2 atom stereocenters. The zero-order valence-corrected chi connectivity index (χ0v) is 24.3. The molecule has 0 aromatic heterocycles. The molecule has 0 saturated carbocycles. The van der Waals surface area contributed by atoms with Crippen molar-refractivity contribution in [3.63, 3.8) is 0 Å². The van der Waals surface area contributed by atoms with Crippen LogP contribution in [0.5, 0.6) is 11.5 Å². The molecule has 0 saturated heterocycles. The average molecular weight is 533 g/mol. The summed E-state index contributed by atoms with van der Waals surface area (Å²) in [6, 6.07) is 30.8. The molecule has 0 fully saturated rings. The minimum absolute atomic E-state index is 0.0936. The SMILES string of the molecule is CC(C)(C)c1cc(C=N[C@@H](c2ccccc2)[C@@H](N=Cc2ccccc2O)c2ccccc2)c(O)c(C(C)(C)C)c1. The summed E-state index contributed by atoms with van der Waals surface area (Å²) in [6.07, 6.45) is 3.51. The standard InChI is InChI=1S/C36H40N2O2/c1-35(2,3)29-21-28(34(40)30(22-29)36(4,5)6)24-38-33(26-17-11-8-12-18-26)32(25-15-9-7-10-16-25)37-23-27-19-13-14-20-31(27)39/h7-24,32-33,39-40H,1-6H3/t32-,33-/m0/s1. The zero-order valence-electron chi connectivity index (χ0n) is 24.3. The molecule has 0 aliphatic heterocycles. The Morgan fingerprint density at radius 1 is 0.575 bits per heavy atom. The fourth-order valence-corrected chi connectivity index (χ4v) is 4.68. The number of hydrogen-bond acceptors (Lipinski definition) is 4. The second kappa shape index (κ2) is 11.9. The Kier molecular flexibility index (Phi) is 8.58. The number of aromatic hydroxyl groups is 2. The van der Waals surface area contributed by atoms with Gasteiger partial charge in [-0.2, -0.15) is 0 Å². The Balaban J connectivity index is 1.87. The maximum Gasteiger partial charge on any atom is 0.128 e. The van der Waals surface area contributed by atoms with E-state index in [2.05, 4.69) is 59.7 Å². The summed E-state index contributed by atoms with van der Waals surface area (Å²) >= 11 is 0. The smallest absolute Gasteiger partial charge is 0.128 e. The van der Waals surface area contributed by atoms with Crippen LogP contribution in [0.15, 0.2) is 107 Å². The zero-order chi connectivity index (χ0) is 28.9. The van der Waals surface area contributed by atoms with Crippen molar-refractivity contribution in [1.29, 1.82) is 0 Å². The minimum atomic E-state index is -0.374. The van der Waals surface area contributed by atoms with Crippen LogP contribution < -0.4 is 0 Å². The second-order valence-corrected chi connectivity index (χ2v) is 12.3. The van der Waals surface area contributed by atoms with E-state index < -0.39 is 0 Å². The Morgan fingerprint density at radius 2 is 1.05 bits per heavy atom. The molecule has 0 aliphatic carbocycles. The van der Waals surface area contributed by atoms with Crippen LogP contribution in [0.1, 0.15) is 87.0 Å². The van der Waals surface area contributed by atoms with E-state index in [1.165, 1.54) is 0 Å². The normalized spacial score (nSPS) is 14.1. The molecular weight excluding hydrogens is 492 g/mol. The molecular formula is C36H40N2O2. The highest BCUT2D eigenvalue weighted by molar-refractivity contribution is 5.85. The van der Waals surface area contributed by atoms with Gasteiger partial charge in [0.05, 0.1) is 0 Å². The van der Waals surface area contributed by atoms with Crippen LogP contribution in [-0.4, -0.2) is 22.6 Å². The predicted molar refractivity (Wildman–Crippen MR) is 167 cm³/mol. The van der Waals surface area contributed by atoms with Gasteiger partial charge in [-0.15, -0.1) is 0 Å². The quantitative estimate of drug-likeness (QED) is 0.234. The molecule has 0 bridgehead atoms. The highest BCUT2D eigenvalue weighted by Crippen LogP contribution is 2.39. The molecule has 4 aromatic carbocycles. The van der Waals surface area contributed by atoms with Crippen LogP contribution in [-0.2, 0) is 10.8 Å².